The number of rotatable bonds is 4. The number of para-hydroxylation sites is 1. The van der Waals surface area contributed by atoms with Crippen LogP contribution in [0.5, 0.6) is 0 Å². The summed E-state index contributed by atoms with van der Waals surface area (Å²) in [7, 11) is 0. The maximum atomic E-state index is 11.6. The van der Waals surface area contributed by atoms with E-state index in [1.54, 1.807) is 12.1 Å². The number of carbonyl (C=O) groups is 1. The first-order chi connectivity index (χ1) is 9.25. The quantitative estimate of drug-likeness (QED) is 0.787. The summed E-state index contributed by atoms with van der Waals surface area (Å²) < 4.78 is 0. The number of anilines is 1. The minimum atomic E-state index is -0.706. The summed E-state index contributed by atoms with van der Waals surface area (Å²) in [6, 6.07) is 18.0. The van der Waals surface area contributed by atoms with Crippen LogP contribution in [-0.2, 0) is 0 Å². The van der Waals surface area contributed by atoms with Crippen molar-refractivity contribution in [3.05, 3.63) is 66.2 Å². The van der Waals surface area contributed by atoms with Crippen molar-refractivity contribution in [2.45, 2.75) is 6.10 Å². The van der Waals surface area contributed by atoms with Gasteiger partial charge in [-0.25, -0.2) is 4.79 Å². The van der Waals surface area contributed by atoms with Gasteiger partial charge in [0.2, 0.25) is 0 Å². The van der Waals surface area contributed by atoms with Gasteiger partial charge in [-0.3, -0.25) is 0 Å². The third kappa shape index (κ3) is 4.12. The van der Waals surface area contributed by atoms with Crippen molar-refractivity contribution >= 4 is 11.7 Å². The number of aliphatic hydroxyl groups is 1. The van der Waals surface area contributed by atoms with Crippen LogP contribution in [0, 0.1) is 0 Å². The van der Waals surface area contributed by atoms with Crippen molar-refractivity contribution in [3.63, 3.8) is 0 Å². The molecule has 4 heteroatoms. The van der Waals surface area contributed by atoms with E-state index in [9.17, 15) is 9.90 Å². The van der Waals surface area contributed by atoms with Gasteiger partial charge in [0.15, 0.2) is 0 Å². The van der Waals surface area contributed by atoms with Crippen LogP contribution >= 0.6 is 0 Å². The Morgan fingerprint density at radius 3 is 2.21 bits per heavy atom. The van der Waals surface area contributed by atoms with Crippen LogP contribution < -0.4 is 10.6 Å². The summed E-state index contributed by atoms with van der Waals surface area (Å²) in [4.78, 5) is 11.6. The number of carbonyl (C=O) groups excluding carboxylic acids is 1. The van der Waals surface area contributed by atoms with Gasteiger partial charge in [-0.2, -0.15) is 0 Å². The zero-order valence-electron chi connectivity index (χ0n) is 10.4. The molecule has 0 heterocycles. The predicted molar refractivity (Wildman–Crippen MR) is 74.9 cm³/mol. The molecular formula is C15H16N2O2. The van der Waals surface area contributed by atoms with Crippen LogP contribution in [0.3, 0.4) is 0 Å². The van der Waals surface area contributed by atoms with E-state index >= 15 is 0 Å². The minimum Gasteiger partial charge on any atom is -0.387 e. The monoisotopic (exact) mass is 256 g/mol. The molecule has 2 rings (SSSR count). The molecule has 3 N–H and O–H groups in total. The first kappa shape index (κ1) is 13.1. The average Bonchev–Trinajstić information content (AvgIpc) is 2.47. The lowest BCUT2D eigenvalue weighted by Crippen LogP contribution is -2.32. The second-order valence-corrected chi connectivity index (χ2v) is 4.13. The summed E-state index contributed by atoms with van der Waals surface area (Å²) in [5.74, 6) is 0. The molecule has 0 spiro atoms. The van der Waals surface area contributed by atoms with Crippen LogP contribution in [0.25, 0.3) is 0 Å². The maximum Gasteiger partial charge on any atom is 0.319 e. The van der Waals surface area contributed by atoms with Crippen LogP contribution in [0.4, 0.5) is 10.5 Å². The standard InChI is InChI=1S/C15H16N2O2/c18-14(12-7-3-1-4-8-12)11-16-15(19)17-13-9-5-2-6-10-13/h1-10,14,18H,11H2,(H2,16,17,19). The van der Waals surface area contributed by atoms with Gasteiger partial charge in [-0.1, -0.05) is 48.5 Å². The van der Waals surface area contributed by atoms with Gasteiger partial charge in [0, 0.05) is 12.2 Å². The Balaban J connectivity index is 1.81. The van der Waals surface area contributed by atoms with Crippen molar-refractivity contribution < 1.29 is 9.90 Å². The number of benzene rings is 2. The van der Waals surface area contributed by atoms with E-state index in [1.165, 1.54) is 0 Å². The summed E-state index contributed by atoms with van der Waals surface area (Å²) in [5, 5.41) is 15.2. The van der Waals surface area contributed by atoms with Gasteiger partial charge >= 0.3 is 6.03 Å². The zero-order valence-corrected chi connectivity index (χ0v) is 10.4. The number of amides is 2. The van der Waals surface area contributed by atoms with Crippen molar-refractivity contribution in [2.24, 2.45) is 0 Å². The van der Waals surface area contributed by atoms with Gasteiger partial charge in [-0.15, -0.1) is 0 Å². The molecule has 2 amide bonds. The SMILES string of the molecule is O=C(NCC(O)c1ccccc1)Nc1ccccc1. The van der Waals surface area contributed by atoms with E-state index in [0.29, 0.717) is 5.69 Å². The summed E-state index contributed by atoms with van der Waals surface area (Å²) in [6.07, 6.45) is -0.706. The molecule has 0 radical (unpaired) electrons. The Kier molecular flexibility index (Phi) is 4.53. The topological polar surface area (TPSA) is 61.4 Å². The first-order valence-corrected chi connectivity index (χ1v) is 6.08. The molecular weight excluding hydrogens is 240 g/mol. The highest BCUT2D eigenvalue weighted by molar-refractivity contribution is 5.89. The molecule has 0 aliphatic rings. The lowest BCUT2D eigenvalue weighted by Gasteiger charge is -2.12. The number of hydrogen-bond donors (Lipinski definition) is 3. The lowest BCUT2D eigenvalue weighted by atomic mass is 10.1. The molecule has 0 aliphatic carbocycles. The van der Waals surface area contributed by atoms with Crippen molar-refractivity contribution in [2.75, 3.05) is 11.9 Å². The van der Waals surface area contributed by atoms with E-state index < -0.39 is 6.10 Å². The van der Waals surface area contributed by atoms with Gasteiger partial charge in [0.05, 0.1) is 6.10 Å². The first-order valence-electron chi connectivity index (χ1n) is 6.08. The van der Waals surface area contributed by atoms with E-state index in [1.807, 2.05) is 48.5 Å². The minimum absolute atomic E-state index is 0.169. The van der Waals surface area contributed by atoms with Gasteiger partial charge < -0.3 is 15.7 Å². The molecule has 2 aromatic carbocycles. The second-order valence-electron chi connectivity index (χ2n) is 4.13. The van der Waals surface area contributed by atoms with Crippen LogP contribution in [0.1, 0.15) is 11.7 Å². The summed E-state index contributed by atoms with van der Waals surface area (Å²) in [5.41, 5.74) is 1.50. The molecule has 2 aromatic rings. The molecule has 0 fully saturated rings. The molecule has 0 aliphatic heterocycles. The molecule has 1 unspecified atom stereocenters. The highest BCUT2D eigenvalue weighted by Gasteiger charge is 2.08. The van der Waals surface area contributed by atoms with Crippen molar-refractivity contribution in [1.29, 1.82) is 0 Å². The number of urea groups is 1. The fraction of sp³-hybridized carbons (Fsp3) is 0.133. The largest absolute Gasteiger partial charge is 0.387 e. The van der Waals surface area contributed by atoms with E-state index in [4.69, 9.17) is 0 Å². The molecule has 98 valence electrons. The zero-order chi connectivity index (χ0) is 13.5. The van der Waals surface area contributed by atoms with Gasteiger partial charge in [0.1, 0.15) is 0 Å². The lowest BCUT2D eigenvalue weighted by molar-refractivity contribution is 0.175. The Morgan fingerprint density at radius 1 is 1.00 bits per heavy atom. The highest BCUT2D eigenvalue weighted by atomic mass is 16.3. The summed E-state index contributed by atoms with van der Waals surface area (Å²) in [6.45, 7) is 0.169. The van der Waals surface area contributed by atoms with Crippen LogP contribution in [-0.4, -0.2) is 17.7 Å². The number of nitrogens with one attached hydrogen (secondary N) is 2. The van der Waals surface area contributed by atoms with Crippen molar-refractivity contribution in [1.82, 2.24) is 5.32 Å². The third-order valence-electron chi connectivity index (χ3n) is 2.67. The van der Waals surface area contributed by atoms with E-state index in [-0.39, 0.29) is 12.6 Å². The number of aliphatic hydroxyl groups excluding tert-OH is 1. The maximum absolute atomic E-state index is 11.6. The molecule has 4 nitrogen and oxygen atoms in total. The Morgan fingerprint density at radius 2 is 1.58 bits per heavy atom. The van der Waals surface area contributed by atoms with Crippen molar-refractivity contribution in [3.8, 4) is 0 Å². The predicted octanol–water partition coefficient (Wildman–Crippen LogP) is 2.54. The second kappa shape index (κ2) is 6.56. The smallest absolute Gasteiger partial charge is 0.319 e. The van der Waals surface area contributed by atoms with Crippen LogP contribution in [0.15, 0.2) is 60.7 Å². The number of hydrogen-bond acceptors (Lipinski definition) is 2. The molecule has 0 saturated heterocycles. The molecule has 1 atom stereocenters. The normalized spacial score (nSPS) is 11.6. The fourth-order valence-electron chi connectivity index (χ4n) is 1.68. The Hall–Kier alpha value is -2.33. The Labute approximate surface area is 112 Å². The van der Waals surface area contributed by atoms with E-state index in [0.717, 1.165) is 5.56 Å². The summed E-state index contributed by atoms with van der Waals surface area (Å²) >= 11 is 0. The fourth-order valence-corrected chi connectivity index (χ4v) is 1.68. The molecule has 19 heavy (non-hydrogen) atoms. The molecule has 0 aromatic heterocycles. The van der Waals surface area contributed by atoms with Gasteiger partial charge in [0.25, 0.3) is 0 Å². The van der Waals surface area contributed by atoms with Gasteiger partial charge in [-0.05, 0) is 17.7 Å². The van der Waals surface area contributed by atoms with E-state index in [2.05, 4.69) is 10.6 Å². The third-order valence-corrected chi connectivity index (χ3v) is 2.67. The Bertz CT molecular complexity index is 514. The molecule has 0 saturated carbocycles. The van der Waals surface area contributed by atoms with Crippen LogP contribution in [0.2, 0.25) is 0 Å². The average molecular weight is 256 g/mol. The highest BCUT2D eigenvalue weighted by Crippen LogP contribution is 2.10. The molecule has 0 bridgehead atoms.